The predicted molar refractivity (Wildman–Crippen MR) is 120 cm³/mol. The van der Waals surface area contributed by atoms with Gasteiger partial charge in [0, 0.05) is 32.2 Å². The van der Waals surface area contributed by atoms with E-state index in [1.54, 1.807) is 6.07 Å². The Kier molecular flexibility index (Phi) is 6.02. The quantitative estimate of drug-likeness (QED) is 0.637. The Hall–Kier alpha value is -3.61. The zero-order valence-electron chi connectivity index (χ0n) is 17.8. The molecule has 0 unspecified atom stereocenters. The van der Waals surface area contributed by atoms with E-state index in [2.05, 4.69) is 10.00 Å². The van der Waals surface area contributed by atoms with E-state index in [0.717, 1.165) is 22.6 Å². The van der Waals surface area contributed by atoms with Gasteiger partial charge in [-0.15, -0.1) is 5.10 Å². The van der Waals surface area contributed by atoms with Crippen LogP contribution in [0.4, 0.5) is 5.82 Å². The highest BCUT2D eigenvalue weighted by molar-refractivity contribution is 5.78. The molecule has 0 saturated carbocycles. The molecule has 1 aliphatic rings. The van der Waals surface area contributed by atoms with Crippen molar-refractivity contribution in [3.63, 3.8) is 0 Å². The van der Waals surface area contributed by atoms with Crippen molar-refractivity contribution in [2.24, 2.45) is 0 Å². The van der Waals surface area contributed by atoms with Crippen LogP contribution in [0.3, 0.4) is 0 Å². The van der Waals surface area contributed by atoms with Crippen LogP contribution in [0.15, 0.2) is 65.5 Å². The summed E-state index contributed by atoms with van der Waals surface area (Å²) in [4.78, 5) is 28.7. The first-order chi connectivity index (χ1) is 15.0. The number of aromatic nitrogens is 2. The molecule has 1 aliphatic heterocycles. The van der Waals surface area contributed by atoms with Gasteiger partial charge in [-0.2, -0.15) is 4.68 Å². The second-order valence-corrected chi connectivity index (χ2v) is 7.75. The highest BCUT2D eigenvalue weighted by atomic mass is 16.5. The lowest BCUT2D eigenvalue weighted by atomic mass is 10.2. The predicted octanol–water partition coefficient (Wildman–Crippen LogP) is 2.58. The molecule has 31 heavy (non-hydrogen) atoms. The Morgan fingerprint density at radius 2 is 1.68 bits per heavy atom. The van der Waals surface area contributed by atoms with Gasteiger partial charge in [0.15, 0.2) is 6.61 Å². The summed E-state index contributed by atoms with van der Waals surface area (Å²) in [5.41, 5.74) is 2.78. The molecule has 1 saturated heterocycles. The van der Waals surface area contributed by atoms with Crippen LogP contribution in [-0.2, 0) is 4.79 Å². The van der Waals surface area contributed by atoms with Crippen LogP contribution >= 0.6 is 0 Å². The number of hydrogen-bond donors (Lipinski definition) is 0. The maximum atomic E-state index is 12.5. The number of benzene rings is 2. The van der Waals surface area contributed by atoms with E-state index in [9.17, 15) is 9.59 Å². The smallest absolute Gasteiger partial charge is 0.271 e. The molecule has 0 bridgehead atoms. The van der Waals surface area contributed by atoms with Crippen molar-refractivity contribution in [2.75, 3.05) is 37.7 Å². The molecule has 0 N–H and O–H groups in total. The van der Waals surface area contributed by atoms with Gasteiger partial charge in [0.2, 0.25) is 0 Å². The molecule has 160 valence electrons. The van der Waals surface area contributed by atoms with Crippen molar-refractivity contribution in [2.45, 2.75) is 13.8 Å². The normalized spacial score (nSPS) is 13.9. The van der Waals surface area contributed by atoms with Gasteiger partial charge in [-0.25, -0.2) is 0 Å². The van der Waals surface area contributed by atoms with Crippen molar-refractivity contribution in [1.29, 1.82) is 0 Å². The number of carbonyl (C=O) groups is 1. The zero-order chi connectivity index (χ0) is 21.8. The van der Waals surface area contributed by atoms with E-state index in [1.165, 1.54) is 10.7 Å². The summed E-state index contributed by atoms with van der Waals surface area (Å²) in [6.07, 6.45) is 0. The Labute approximate surface area is 181 Å². The number of carbonyl (C=O) groups excluding carboxylic acids is 1. The Morgan fingerprint density at radius 3 is 2.39 bits per heavy atom. The number of hydrogen-bond acceptors (Lipinski definition) is 5. The molecule has 1 amide bonds. The SMILES string of the molecule is Cc1ccc(-n2nc(N3CCN(C(=O)COc4cccc(C)c4)CC3)ccc2=O)cc1. The molecule has 0 spiro atoms. The van der Waals surface area contributed by atoms with Crippen molar-refractivity contribution >= 4 is 11.7 Å². The molecule has 4 rings (SSSR count). The minimum atomic E-state index is -0.172. The summed E-state index contributed by atoms with van der Waals surface area (Å²) in [6.45, 7) is 6.49. The van der Waals surface area contributed by atoms with Crippen molar-refractivity contribution < 1.29 is 9.53 Å². The molecule has 0 atom stereocenters. The van der Waals surface area contributed by atoms with Crippen molar-refractivity contribution in [1.82, 2.24) is 14.7 Å². The molecule has 1 fully saturated rings. The van der Waals surface area contributed by atoms with Crippen LogP contribution in [0.2, 0.25) is 0 Å². The molecule has 0 radical (unpaired) electrons. The van der Waals surface area contributed by atoms with Gasteiger partial charge in [-0.05, 0) is 49.7 Å². The van der Waals surface area contributed by atoms with Crippen molar-refractivity contribution in [3.05, 3.63) is 82.1 Å². The van der Waals surface area contributed by atoms with E-state index in [1.807, 2.05) is 67.3 Å². The molecular weight excluding hydrogens is 392 g/mol. The summed E-state index contributed by atoms with van der Waals surface area (Å²) in [5.74, 6) is 1.40. The lowest BCUT2D eigenvalue weighted by molar-refractivity contribution is -0.133. The van der Waals surface area contributed by atoms with Crippen LogP contribution in [0, 0.1) is 13.8 Å². The Morgan fingerprint density at radius 1 is 0.935 bits per heavy atom. The van der Waals surface area contributed by atoms with Gasteiger partial charge in [-0.3, -0.25) is 9.59 Å². The molecule has 3 aromatic rings. The second-order valence-electron chi connectivity index (χ2n) is 7.75. The van der Waals surface area contributed by atoms with E-state index in [4.69, 9.17) is 4.74 Å². The molecule has 0 aliphatic carbocycles. The first kappa shape index (κ1) is 20.7. The summed E-state index contributed by atoms with van der Waals surface area (Å²) in [5, 5.41) is 4.55. The maximum Gasteiger partial charge on any atom is 0.271 e. The number of amides is 1. The molecule has 2 heterocycles. The fraction of sp³-hybridized carbons (Fsp3) is 0.292. The van der Waals surface area contributed by atoms with Crippen LogP contribution in [-0.4, -0.2) is 53.4 Å². The molecule has 1 aromatic heterocycles. The van der Waals surface area contributed by atoms with Crippen LogP contribution in [0.1, 0.15) is 11.1 Å². The van der Waals surface area contributed by atoms with E-state index in [0.29, 0.717) is 31.9 Å². The number of aryl methyl sites for hydroxylation is 2. The van der Waals surface area contributed by atoms with Gasteiger partial charge in [0.05, 0.1) is 5.69 Å². The molecular formula is C24H26N4O3. The Balaban J connectivity index is 1.37. The number of ether oxygens (including phenoxy) is 1. The minimum Gasteiger partial charge on any atom is -0.484 e. The third-order valence-corrected chi connectivity index (χ3v) is 5.37. The highest BCUT2D eigenvalue weighted by Crippen LogP contribution is 2.15. The van der Waals surface area contributed by atoms with Crippen LogP contribution < -0.4 is 15.2 Å². The number of piperazine rings is 1. The monoisotopic (exact) mass is 418 g/mol. The lowest BCUT2D eigenvalue weighted by Crippen LogP contribution is -2.50. The third-order valence-electron chi connectivity index (χ3n) is 5.37. The van der Waals surface area contributed by atoms with Crippen LogP contribution in [0.5, 0.6) is 5.75 Å². The second kappa shape index (κ2) is 9.04. The fourth-order valence-corrected chi connectivity index (χ4v) is 3.57. The largest absolute Gasteiger partial charge is 0.484 e. The van der Waals surface area contributed by atoms with Gasteiger partial charge in [0.1, 0.15) is 11.6 Å². The summed E-state index contributed by atoms with van der Waals surface area (Å²) in [7, 11) is 0. The standard InChI is InChI=1S/C24H26N4O3/c1-18-6-8-20(9-7-18)28-23(29)11-10-22(25-28)26-12-14-27(15-13-26)24(30)17-31-21-5-3-4-19(2)16-21/h3-11,16H,12-15,17H2,1-2H3. The maximum absolute atomic E-state index is 12.5. The molecule has 7 heteroatoms. The summed E-state index contributed by atoms with van der Waals surface area (Å²) < 4.78 is 7.06. The number of rotatable bonds is 5. The number of anilines is 1. The van der Waals surface area contributed by atoms with E-state index in [-0.39, 0.29) is 18.1 Å². The average Bonchev–Trinajstić information content (AvgIpc) is 2.79. The van der Waals surface area contributed by atoms with Gasteiger partial charge < -0.3 is 14.5 Å². The molecule has 2 aromatic carbocycles. The topological polar surface area (TPSA) is 67.7 Å². The van der Waals surface area contributed by atoms with E-state index >= 15 is 0 Å². The minimum absolute atomic E-state index is 0.0278. The first-order valence-corrected chi connectivity index (χ1v) is 10.4. The zero-order valence-corrected chi connectivity index (χ0v) is 17.8. The average molecular weight is 418 g/mol. The number of nitrogens with zero attached hydrogens (tertiary/aromatic N) is 4. The summed E-state index contributed by atoms with van der Waals surface area (Å²) in [6, 6.07) is 18.6. The first-order valence-electron chi connectivity index (χ1n) is 10.4. The molecule has 7 nitrogen and oxygen atoms in total. The van der Waals surface area contributed by atoms with Gasteiger partial charge >= 0.3 is 0 Å². The van der Waals surface area contributed by atoms with E-state index < -0.39 is 0 Å². The fourth-order valence-electron chi connectivity index (χ4n) is 3.57. The Bertz CT molecular complexity index is 1120. The summed E-state index contributed by atoms with van der Waals surface area (Å²) >= 11 is 0. The lowest BCUT2D eigenvalue weighted by Gasteiger charge is -2.35. The van der Waals surface area contributed by atoms with Gasteiger partial charge in [-0.1, -0.05) is 29.8 Å². The van der Waals surface area contributed by atoms with Crippen molar-refractivity contribution in [3.8, 4) is 11.4 Å². The third kappa shape index (κ3) is 4.94. The van der Waals surface area contributed by atoms with Crippen LogP contribution in [0.25, 0.3) is 5.69 Å². The van der Waals surface area contributed by atoms with Gasteiger partial charge in [0.25, 0.3) is 11.5 Å². The highest BCUT2D eigenvalue weighted by Gasteiger charge is 2.22.